The quantitative estimate of drug-likeness (QED) is 0.893. The fourth-order valence-electron chi connectivity index (χ4n) is 3.07. The summed E-state index contributed by atoms with van der Waals surface area (Å²) in [6, 6.07) is 9.48. The van der Waals surface area contributed by atoms with Crippen molar-refractivity contribution in [3.8, 4) is 0 Å². The Labute approximate surface area is 132 Å². The number of rotatable bonds is 5. The third kappa shape index (κ3) is 4.08. The normalized spacial score (nSPS) is 23.2. The molecule has 1 heterocycles. The number of hydrogen-bond donors (Lipinski definition) is 1. The first-order valence-corrected chi connectivity index (χ1v) is 9.35. The molecule has 0 saturated carbocycles. The number of benzene rings is 1. The minimum atomic E-state index is -3.28. The smallest absolute Gasteiger partial charge is 0.217 e. The zero-order valence-electron chi connectivity index (χ0n) is 13.2. The van der Waals surface area contributed by atoms with Gasteiger partial charge >= 0.3 is 0 Å². The molecular weight excluding hydrogens is 300 g/mol. The molecule has 2 rings (SSSR count). The number of nitrogens with zero attached hydrogens (tertiary/aromatic N) is 1. The SMILES string of the molecule is CCS(=O)(=O)N1CCC[C@H](NC(C)=O)[C@@H]1Cc1ccccc1. The van der Waals surface area contributed by atoms with Crippen LogP contribution in [0.4, 0.5) is 0 Å². The van der Waals surface area contributed by atoms with Crippen molar-refractivity contribution >= 4 is 15.9 Å². The molecule has 1 saturated heterocycles. The summed E-state index contributed by atoms with van der Waals surface area (Å²) in [5.41, 5.74) is 1.08. The van der Waals surface area contributed by atoms with Gasteiger partial charge in [0.05, 0.1) is 5.75 Å². The lowest BCUT2D eigenvalue weighted by molar-refractivity contribution is -0.120. The topological polar surface area (TPSA) is 66.5 Å². The highest BCUT2D eigenvalue weighted by atomic mass is 32.2. The van der Waals surface area contributed by atoms with Crippen LogP contribution in [0.5, 0.6) is 0 Å². The lowest BCUT2D eigenvalue weighted by Crippen LogP contribution is -2.57. The summed E-state index contributed by atoms with van der Waals surface area (Å²) >= 11 is 0. The maximum absolute atomic E-state index is 12.4. The highest BCUT2D eigenvalue weighted by molar-refractivity contribution is 7.89. The number of carbonyl (C=O) groups is 1. The minimum Gasteiger partial charge on any atom is -0.352 e. The van der Waals surface area contributed by atoms with Crippen LogP contribution < -0.4 is 5.32 Å². The fraction of sp³-hybridized carbons (Fsp3) is 0.562. The first kappa shape index (κ1) is 17.0. The highest BCUT2D eigenvalue weighted by Gasteiger charge is 2.37. The molecule has 0 bridgehead atoms. The predicted molar refractivity (Wildman–Crippen MR) is 86.9 cm³/mol. The predicted octanol–water partition coefficient (Wildman–Crippen LogP) is 1.55. The van der Waals surface area contributed by atoms with Crippen molar-refractivity contribution in [1.82, 2.24) is 9.62 Å². The van der Waals surface area contributed by atoms with Crippen LogP contribution in [-0.2, 0) is 21.2 Å². The van der Waals surface area contributed by atoms with E-state index < -0.39 is 10.0 Å². The Morgan fingerprint density at radius 3 is 2.59 bits per heavy atom. The van der Waals surface area contributed by atoms with E-state index in [1.807, 2.05) is 30.3 Å². The molecule has 6 heteroatoms. The van der Waals surface area contributed by atoms with E-state index in [0.29, 0.717) is 13.0 Å². The van der Waals surface area contributed by atoms with E-state index in [-0.39, 0.29) is 23.7 Å². The first-order chi connectivity index (χ1) is 10.4. The average molecular weight is 324 g/mol. The van der Waals surface area contributed by atoms with Crippen molar-refractivity contribution in [2.24, 2.45) is 0 Å². The maximum atomic E-state index is 12.4. The van der Waals surface area contributed by atoms with Crippen molar-refractivity contribution in [2.75, 3.05) is 12.3 Å². The molecule has 1 N–H and O–H groups in total. The Balaban J connectivity index is 2.29. The maximum Gasteiger partial charge on any atom is 0.217 e. The van der Waals surface area contributed by atoms with Gasteiger partial charge in [-0.3, -0.25) is 4.79 Å². The van der Waals surface area contributed by atoms with E-state index in [1.54, 1.807) is 11.2 Å². The Bertz CT molecular complexity index is 601. The molecule has 122 valence electrons. The average Bonchev–Trinajstić information content (AvgIpc) is 2.49. The third-order valence-corrected chi connectivity index (χ3v) is 6.02. The van der Waals surface area contributed by atoms with Crippen molar-refractivity contribution < 1.29 is 13.2 Å². The molecule has 1 aliphatic heterocycles. The van der Waals surface area contributed by atoms with Crippen LogP contribution in [0.15, 0.2) is 30.3 Å². The zero-order chi connectivity index (χ0) is 16.2. The minimum absolute atomic E-state index is 0.0884. The van der Waals surface area contributed by atoms with Gasteiger partial charge in [-0.15, -0.1) is 0 Å². The van der Waals surface area contributed by atoms with Crippen LogP contribution in [0.25, 0.3) is 0 Å². The van der Waals surface area contributed by atoms with E-state index in [2.05, 4.69) is 5.32 Å². The van der Waals surface area contributed by atoms with Crippen LogP contribution in [0.3, 0.4) is 0 Å². The van der Waals surface area contributed by atoms with Crippen LogP contribution >= 0.6 is 0 Å². The van der Waals surface area contributed by atoms with Gasteiger partial charge in [0.15, 0.2) is 0 Å². The van der Waals surface area contributed by atoms with Crippen molar-refractivity contribution in [1.29, 1.82) is 0 Å². The monoisotopic (exact) mass is 324 g/mol. The Kier molecular flexibility index (Phi) is 5.58. The summed E-state index contributed by atoms with van der Waals surface area (Å²) in [4.78, 5) is 11.5. The van der Waals surface area contributed by atoms with E-state index >= 15 is 0 Å². The molecule has 0 radical (unpaired) electrons. The van der Waals surface area contributed by atoms with Crippen molar-refractivity contribution in [2.45, 2.75) is 45.2 Å². The van der Waals surface area contributed by atoms with E-state index in [9.17, 15) is 13.2 Å². The number of piperidine rings is 1. The van der Waals surface area contributed by atoms with Gasteiger partial charge in [0.25, 0.3) is 0 Å². The molecular formula is C16H24N2O3S. The second-order valence-electron chi connectivity index (χ2n) is 5.72. The fourth-order valence-corrected chi connectivity index (χ4v) is 4.44. The van der Waals surface area contributed by atoms with E-state index in [4.69, 9.17) is 0 Å². The standard InChI is InChI=1S/C16H24N2O3S/c1-3-22(20,21)18-11-7-10-15(17-13(2)19)16(18)12-14-8-5-4-6-9-14/h4-6,8-9,15-16H,3,7,10-12H2,1-2H3,(H,17,19)/t15-,16-/m0/s1. The molecule has 2 atom stereocenters. The van der Waals surface area contributed by atoms with Gasteiger partial charge < -0.3 is 5.32 Å². The number of nitrogens with one attached hydrogen (secondary N) is 1. The Morgan fingerprint density at radius 2 is 2.00 bits per heavy atom. The number of hydrogen-bond acceptors (Lipinski definition) is 3. The molecule has 1 amide bonds. The molecule has 0 unspecified atom stereocenters. The molecule has 5 nitrogen and oxygen atoms in total. The van der Waals surface area contributed by atoms with E-state index in [1.165, 1.54) is 6.92 Å². The summed E-state index contributed by atoms with van der Waals surface area (Å²) in [6.07, 6.45) is 2.20. The van der Waals surface area contributed by atoms with Crippen molar-refractivity contribution in [3.05, 3.63) is 35.9 Å². The van der Waals surface area contributed by atoms with Crippen LogP contribution in [-0.4, -0.2) is 43.0 Å². The lowest BCUT2D eigenvalue weighted by Gasteiger charge is -2.40. The second kappa shape index (κ2) is 7.24. The van der Waals surface area contributed by atoms with Gasteiger partial charge in [-0.2, -0.15) is 4.31 Å². The molecule has 0 spiro atoms. The largest absolute Gasteiger partial charge is 0.352 e. The number of amides is 1. The van der Waals surface area contributed by atoms with Gasteiger partial charge in [0.1, 0.15) is 0 Å². The van der Waals surface area contributed by atoms with Gasteiger partial charge in [-0.1, -0.05) is 30.3 Å². The summed E-state index contributed by atoms with van der Waals surface area (Å²) in [5, 5.41) is 2.93. The summed E-state index contributed by atoms with van der Waals surface area (Å²) < 4.78 is 26.4. The Morgan fingerprint density at radius 1 is 1.32 bits per heavy atom. The molecule has 1 aromatic rings. The lowest BCUT2D eigenvalue weighted by atomic mass is 9.92. The van der Waals surface area contributed by atoms with E-state index in [0.717, 1.165) is 18.4 Å². The molecule has 1 fully saturated rings. The van der Waals surface area contributed by atoms with Crippen LogP contribution in [0, 0.1) is 0 Å². The van der Waals surface area contributed by atoms with Gasteiger partial charge in [-0.25, -0.2) is 8.42 Å². The molecule has 1 aliphatic rings. The van der Waals surface area contributed by atoms with Crippen LogP contribution in [0.2, 0.25) is 0 Å². The highest BCUT2D eigenvalue weighted by Crippen LogP contribution is 2.24. The Hall–Kier alpha value is -1.40. The summed E-state index contributed by atoms with van der Waals surface area (Å²) in [5.74, 6) is -0.0238. The van der Waals surface area contributed by atoms with Gasteiger partial charge in [-0.05, 0) is 31.7 Å². The molecule has 0 aliphatic carbocycles. The molecule has 22 heavy (non-hydrogen) atoms. The number of sulfonamides is 1. The van der Waals surface area contributed by atoms with Gasteiger partial charge in [0, 0.05) is 25.6 Å². The summed E-state index contributed by atoms with van der Waals surface area (Å²) in [6.45, 7) is 3.67. The molecule has 1 aromatic carbocycles. The first-order valence-electron chi connectivity index (χ1n) is 7.74. The second-order valence-corrected chi connectivity index (χ2v) is 7.93. The third-order valence-electron chi connectivity index (χ3n) is 4.13. The number of carbonyl (C=O) groups excluding carboxylic acids is 1. The zero-order valence-corrected chi connectivity index (χ0v) is 14.0. The molecule has 0 aromatic heterocycles. The van der Waals surface area contributed by atoms with Gasteiger partial charge in [0.2, 0.25) is 15.9 Å². The van der Waals surface area contributed by atoms with Crippen molar-refractivity contribution in [3.63, 3.8) is 0 Å². The summed E-state index contributed by atoms with van der Waals surface area (Å²) in [7, 11) is -3.28. The van der Waals surface area contributed by atoms with Crippen LogP contribution in [0.1, 0.15) is 32.3 Å².